The van der Waals surface area contributed by atoms with Gasteiger partial charge in [-0.15, -0.1) is 11.8 Å². The fraction of sp³-hybridized carbons (Fsp3) is 0.577. The average molecular weight is 564 g/mol. The van der Waals surface area contributed by atoms with Crippen LogP contribution in [0.15, 0.2) is 28.1 Å². The Labute approximate surface area is 220 Å². The largest absolute Gasteiger partial charge is 0.350 e. The third-order valence-corrected chi connectivity index (χ3v) is 9.18. The molecule has 3 aliphatic heterocycles. The van der Waals surface area contributed by atoms with Crippen molar-refractivity contribution in [3.05, 3.63) is 39.2 Å². The minimum absolute atomic E-state index is 0.00847. The molecular weight excluding hydrogens is 528 g/mol. The summed E-state index contributed by atoms with van der Waals surface area (Å²) in [6.07, 6.45) is 6.22. The summed E-state index contributed by atoms with van der Waals surface area (Å²) in [7, 11) is 2.10. The van der Waals surface area contributed by atoms with Crippen LogP contribution in [0, 0.1) is 6.92 Å². The molecule has 1 N–H and O–H groups in total. The first kappa shape index (κ1) is 26.2. The van der Waals surface area contributed by atoms with Crippen LogP contribution in [0.1, 0.15) is 54.9 Å². The van der Waals surface area contributed by atoms with Crippen molar-refractivity contribution in [3.8, 4) is 0 Å². The van der Waals surface area contributed by atoms with Crippen molar-refractivity contribution in [2.75, 3.05) is 38.1 Å². The topological polar surface area (TPSA) is 73.0 Å². The van der Waals surface area contributed by atoms with Crippen molar-refractivity contribution in [1.29, 1.82) is 0 Å². The van der Waals surface area contributed by atoms with E-state index >= 15 is 0 Å². The second kappa shape index (κ2) is 11.5. The third-order valence-electron chi connectivity index (χ3n) is 7.21. The number of carbonyl (C=O) groups excluding carboxylic acids is 3. The number of allylic oxidation sites excluding steroid dienone is 1. The van der Waals surface area contributed by atoms with Gasteiger partial charge in [0.25, 0.3) is 5.91 Å². The molecule has 3 amide bonds. The van der Waals surface area contributed by atoms with Crippen molar-refractivity contribution in [2.24, 2.45) is 0 Å². The maximum atomic E-state index is 13.5. The SMILES string of the molecule is CCN(C)CC1CCCCN1C(=O)c1ccc(N2CC(NC(=O)C3CC=C(Br)S3)CC2=O)cc1C. The average Bonchev–Trinajstić information content (AvgIpc) is 3.44. The number of benzene rings is 1. The molecule has 1 aromatic rings. The van der Waals surface area contributed by atoms with Gasteiger partial charge in [0.05, 0.1) is 11.3 Å². The van der Waals surface area contributed by atoms with Crippen molar-refractivity contribution in [2.45, 2.75) is 63.3 Å². The molecular formula is C26H35BrN4O3S. The number of piperidine rings is 1. The number of hydrogen-bond acceptors (Lipinski definition) is 5. The minimum atomic E-state index is -0.207. The van der Waals surface area contributed by atoms with E-state index < -0.39 is 0 Å². The smallest absolute Gasteiger partial charge is 0.254 e. The highest BCUT2D eigenvalue weighted by molar-refractivity contribution is 9.14. The van der Waals surface area contributed by atoms with Crippen LogP contribution in [0.4, 0.5) is 5.69 Å². The molecule has 4 rings (SSSR count). The third kappa shape index (κ3) is 6.12. The first-order valence-electron chi connectivity index (χ1n) is 12.5. The first-order valence-corrected chi connectivity index (χ1v) is 14.2. The number of halogens is 1. The second-order valence-electron chi connectivity index (χ2n) is 9.77. The van der Waals surface area contributed by atoms with E-state index in [1.165, 1.54) is 11.8 Å². The van der Waals surface area contributed by atoms with Crippen LogP contribution in [0.5, 0.6) is 0 Å². The van der Waals surface area contributed by atoms with Gasteiger partial charge in [-0.2, -0.15) is 0 Å². The van der Waals surface area contributed by atoms with E-state index in [1.807, 2.05) is 36.1 Å². The fourth-order valence-electron chi connectivity index (χ4n) is 5.10. The fourth-order valence-corrected chi connectivity index (χ4v) is 6.79. The Bertz CT molecular complexity index is 1020. The van der Waals surface area contributed by atoms with Crippen LogP contribution in [-0.4, -0.2) is 78.1 Å². The predicted octanol–water partition coefficient (Wildman–Crippen LogP) is 3.90. The lowest BCUT2D eigenvalue weighted by molar-refractivity contribution is -0.121. The number of amides is 3. The van der Waals surface area contributed by atoms with Gasteiger partial charge in [-0.1, -0.05) is 13.0 Å². The number of carbonyl (C=O) groups is 3. The number of nitrogens with one attached hydrogen (secondary N) is 1. The predicted molar refractivity (Wildman–Crippen MR) is 145 cm³/mol. The Morgan fingerprint density at radius 1 is 1.29 bits per heavy atom. The lowest BCUT2D eigenvalue weighted by atomic mass is 9.98. The zero-order valence-corrected chi connectivity index (χ0v) is 23.2. The number of hydrogen-bond donors (Lipinski definition) is 1. The number of rotatable bonds is 7. The molecule has 2 saturated heterocycles. The number of nitrogens with zero attached hydrogens (tertiary/aromatic N) is 3. The van der Waals surface area contributed by atoms with Crippen LogP contribution in [0.3, 0.4) is 0 Å². The zero-order chi connectivity index (χ0) is 25.1. The number of thioether (sulfide) groups is 1. The minimum Gasteiger partial charge on any atom is -0.350 e. The molecule has 9 heteroatoms. The van der Waals surface area contributed by atoms with Crippen LogP contribution in [0.2, 0.25) is 0 Å². The molecule has 1 aromatic carbocycles. The molecule has 0 bridgehead atoms. The van der Waals surface area contributed by atoms with Gasteiger partial charge in [0.1, 0.15) is 0 Å². The molecule has 0 saturated carbocycles. The zero-order valence-electron chi connectivity index (χ0n) is 20.8. The maximum Gasteiger partial charge on any atom is 0.254 e. The molecule has 3 heterocycles. The summed E-state index contributed by atoms with van der Waals surface area (Å²) < 4.78 is 0.986. The Hall–Kier alpha value is -1.84. The standard InChI is InChI=1S/C26H35BrN4O3S/c1-4-29(3)16-20-7-5-6-12-30(20)26(34)21-9-8-19(13-17(21)2)31-15-18(14-24(31)32)28-25(33)22-10-11-23(27)35-22/h8-9,11,13,18,20,22H,4-7,10,12,14-16H2,1-3H3,(H,28,33). The van der Waals surface area contributed by atoms with Gasteiger partial charge in [-0.25, -0.2) is 0 Å². The Balaban J connectivity index is 1.41. The van der Waals surface area contributed by atoms with E-state index in [0.29, 0.717) is 18.5 Å². The molecule has 190 valence electrons. The van der Waals surface area contributed by atoms with E-state index in [2.05, 4.69) is 40.1 Å². The summed E-state index contributed by atoms with van der Waals surface area (Å²) >= 11 is 4.93. The summed E-state index contributed by atoms with van der Waals surface area (Å²) in [6.45, 7) is 7.17. The molecule has 3 atom stereocenters. The number of likely N-dealkylation sites (N-methyl/N-ethyl adjacent to an activating group) is 1. The maximum absolute atomic E-state index is 13.5. The lowest BCUT2D eigenvalue weighted by Crippen LogP contribution is -2.49. The Kier molecular flexibility index (Phi) is 8.60. The molecule has 0 aliphatic carbocycles. The molecule has 0 aromatic heterocycles. The molecule has 3 aliphatic rings. The summed E-state index contributed by atoms with van der Waals surface area (Å²) in [6, 6.07) is 5.69. The van der Waals surface area contributed by atoms with Crippen LogP contribution in [-0.2, 0) is 9.59 Å². The van der Waals surface area contributed by atoms with Crippen molar-refractivity contribution >= 4 is 51.1 Å². The highest BCUT2D eigenvalue weighted by Crippen LogP contribution is 2.36. The Morgan fingerprint density at radius 2 is 2.09 bits per heavy atom. The summed E-state index contributed by atoms with van der Waals surface area (Å²) in [5.74, 6) is 0.0445. The van der Waals surface area contributed by atoms with Gasteiger partial charge in [0.15, 0.2) is 0 Å². The van der Waals surface area contributed by atoms with Gasteiger partial charge in [0, 0.05) is 47.2 Å². The normalized spacial score (nSPS) is 24.8. The van der Waals surface area contributed by atoms with Crippen molar-refractivity contribution in [3.63, 3.8) is 0 Å². The van der Waals surface area contributed by atoms with E-state index in [9.17, 15) is 14.4 Å². The van der Waals surface area contributed by atoms with Crippen LogP contribution in [0.25, 0.3) is 0 Å². The molecule has 3 unspecified atom stereocenters. The van der Waals surface area contributed by atoms with E-state index in [4.69, 9.17) is 0 Å². The molecule has 2 fully saturated rings. The monoisotopic (exact) mass is 562 g/mol. The summed E-state index contributed by atoms with van der Waals surface area (Å²) in [5, 5.41) is 2.90. The highest BCUT2D eigenvalue weighted by atomic mass is 79.9. The van der Waals surface area contributed by atoms with Gasteiger partial charge < -0.3 is 20.0 Å². The van der Waals surface area contributed by atoms with Crippen LogP contribution >= 0.6 is 27.7 Å². The van der Waals surface area contributed by atoms with Gasteiger partial charge in [-0.3, -0.25) is 14.4 Å². The Morgan fingerprint density at radius 3 is 2.77 bits per heavy atom. The molecule has 35 heavy (non-hydrogen) atoms. The van der Waals surface area contributed by atoms with Crippen molar-refractivity contribution in [1.82, 2.24) is 15.1 Å². The van der Waals surface area contributed by atoms with Gasteiger partial charge >= 0.3 is 0 Å². The first-order chi connectivity index (χ1) is 16.8. The quantitative estimate of drug-likeness (QED) is 0.545. The highest BCUT2D eigenvalue weighted by Gasteiger charge is 2.35. The molecule has 0 spiro atoms. The van der Waals surface area contributed by atoms with E-state index in [-0.39, 0.29) is 41.5 Å². The second-order valence-corrected chi connectivity index (χ2v) is 12.4. The summed E-state index contributed by atoms with van der Waals surface area (Å²) in [4.78, 5) is 44.9. The molecule has 7 nitrogen and oxygen atoms in total. The number of likely N-dealkylation sites (tertiary alicyclic amines) is 1. The van der Waals surface area contributed by atoms with E-state index in [1.54, 1.807) is 4.90 Å². The summed E-state index contributed by atoms with van der Waals surface area (Å²) in [5.41, 5.74) is 2.35. The van der Waals surface area contributed by atoms with Gasteiger partial charge in [0.2, 0.25) is 11.8 Å². The van der Waals surface area contributed by atoms with E-state index in [0.717, 1.165) is 54.0 Å². The molecule has 0 radical (unpaired) electrons. The number of anilines is 1. The van der Waals surface area contributed by atoms with Crippen LogP contribution < -0.4 is 10.2 Å². The van der Waals surface area contributed by atoms with Gasteiger partial charge in [-0.05, 0) is 85.9 Å². The lowest BCUT2D eigenvalue weighted by Gasteiger charge is -2.38. The van der Waals surface area contributed by atoms with Crippen molar-refractivity contribution < 1.29 is 14.4 Å². The number of aryl methyl sites for hydroxylation is 1.